The minimum atomic E-state index is -1.15. The summed E-state index contributed by atoms with van der Waals surface area (Å²) in [5.41, 5.74) is 1.43. The van der Waals surface area contributed by atoms with Crippen molar-refractivity contribution in [1.29, 1.82) is 0 Å². The molecule has 1 N–H and O–H groups in total. The van der Waals surface area contributed by atoms with Crippen LogP contribution in [0.5, 0.6) is 0 Å². The third kappa shape index (κ3) is 3.97. The van der Waals surface area contributed by atoms with Crippen molar-refractivity contribution in [2.24, 2.45) is 0 Å². The maximum atomic E-state index is 12.2. The average Bonchev–Trinajstić information content (AvgIpc) is 2.53. The number of halogens is 1. The van der Waals surface area contributed by atoms with Gasteiger partial charge in [-0.05, 0) is 24.6 Å². The van der Waals surface area contributed by atoms with Gasteiger partial charge in [0.05, 0.1) is 12.2 Å². The standard InChI is InChI=1S/C18H17ClO3/c1-2-22-18(21)15(12-13-8-4-3-5-9-13)17(20)14-10-6-7-11-16(14)19/h3-12,17,20H,2H2,1H3/b15-12+. The number of esters is 1. The molecule has 0 radical (unpaired) electrons. The van der Waals surface area contributed by atoms with Gasteiger partial charge in [-0.25, -0.2) is 4.79 Å². The summed E-state index contributed by atoms with van der Waals surface area (Å²) in [6.07, 6.45) is 0.472. The van der Waals surface area contributed by atoms with E-state index in [9.17, 15) is 9.90 Å². The predicted molar refractivity (Wildman–Crippen MR) is 87.5 cm³/mol. The Kier molecular flexibility index (Phi) is 5.75. The molecule has 0 amide bonds. The first-order valence-electron chi connectivity index (χ1n) is 6.99. The average molecular weight is 317 g/mol. The molecule has 0 saturated heterocycles. The Morgan fingerprint density at radius 1 is 1.18 bits per heavy atom. The molecule has 2 aromatic rings. The van der Waals surface area contributed by atoms with Crippen molar-refractivity contribution in [3.8, 4) is 0 Å². The molecule has 3 nitrogen and oxygen atoms in total. The molecule has 1 unspecified atom stereocenters. The van der Waals surface area contributed by atoms with Gasteiger partial charge in [-0.15, -0.1) is 0 Å². The van der Waals surface area contributed by atoms with E-state index in [0.29, 0.717) is 10.6 Å². The summed E-state index contributed by atoms with van der Waals surface area (Å²) >= 11 is 6.11. The molecule has 0 aromatic heterocycles. The zero-order valence-electron chi connectivity index (χ0n) is 12.2. The lowest BCUT2D eigenvalue weighted by Gasteiger charge is -2.16. The number of aliphatic hydroxyl groups is 1. The fourth-order valence-electron chi connectivity index (χ4n) is 2.06. The van der Waals surface area contributed by atoms with Gasteiger partial charge in [-0.2, -0.15) is 0 Å². The second-order valence-corrected chi connectivity index (χ2v) is 5.06. The van der Waals surface area contributed by atoms with E-state index in [2.05, 4.69) is 0 Å². The van der Waals surface area contributed by atoms with Crippen LogP contribution in [0.3, 0.4) is 0 Å². The molecule has 0 saturated carbocycles. The molecule has 0 bridgehead atoms. The van der Waals surface area contributed by atoms with Crippen LogP contribution in [0.15, 0.2) is 60.2 Å². The van der Waals surface area contributed by atoms with Gasteiger partial charge in [-0.1, -0.05) is 60.1 Å². The highest BCUT2D eigenvalue weighted by Gasteiger charge is 2.23. The normalized spacial score (nSPS) is 12.8. The Hall–Kier alpha value is -2.10. The van der Waals surface area contributed by atoms with Gasteiger partial charge in [-0.3, -0.25) is 0 Å². The van der Waals surface area contributed by atoms with Gasteiger partial charge in [0.15, 0.2) is 0 Å². The highest BCUT2D eigenvalue weighted by atomic mass is 35.5. The summed E-state index contributed by atoms with van der Waals surface area (Å²) < 4.78 is 5.05. The summed E-state index contributed by atoms with van der Waals surface area (Å²) in [6.45, 7) is 1.96. The summed E-state index contributed by atoms with van der Waals surface area (Å²) in [5.74, 6) is -0.557. The fourth-order valence-corrected chi connectivity index (χ4v) is 2.30. The molecule has 0 aliphatic rings. The highest BCUT2D eigenvalue weighted by Crippen LogP contribution is 2.29. The van der Waals surface area contributed by atoms with E-state index in [-0.39, 0.29) is 12.2 Å². The number of carbonyl (C=O) groups is 1. The summed E-state index contributed by atoms with van der Waals surface area (Å²) in [4.78, 5) is 12.2. The molecular weight excluding hydrogens is 300 g/mol. The fraction of sp³-hybridized carbons (Fsp3) is 0.167. The molecular formula is C18H17ClO3. The largest absolute Gasteiger partial charge is 0.463 e. The van der Waals surface area contributed by atoms with Crippen LogP contribution in [0.2, 0.25) is 5.02 Å². The lowest BCUT2D eigenvalue weighted by Crippen LogP contribution is -2.15. The molecule has 0 heterocycles. The molecule has 4 heteroatoms. The summed E-state index contributed by atoms with van der Waals surface area (Å²) in [6, 6.07) is 16.2. The monoisotopic (exact) mass is 316 g/mol. The SMILES string of the molecule is CCOC(=O)/C(=C/c1ccccc1)C(O)c1ccccc1Cl. The van der Waals surface area contributed by atoms with E-state index in [4.69, 9.17) is 16.3 Å². The first-order valence-corrected chi connectivity index (χ1v) is 7.37. The molecule has 0 aliphatic heterocycles. The number of carbonyl (C=O) groups excluding carboxylic acids is 1. The molecule has 2 rings (SSSR count). The van der Waals surface area contributed by atoms with Crippen LogP contribution in [0, 0.1) is 0 Å². The van der Waals surface area contributed by atoms with E-state index in [1.165, 1.54) is 0 Å². The van der Waals surface area contributed by atoms with Gasteiger partial charge in [0.2, 0.25) is 0 Å². The first-order chi connectivity index (χ1) is 10.6. The second kappa shape index (κ2) is 7.78. The maximum Gasteiger partial charge on any atom is 0.337 e. The third-order valence-electron chi connectivity index (χ3n) is 3.13. The van der Waals surface area contributed by atoms with Gasteiger partial charge in [0.1, 0.15) is 6.10 Å². The van der Waals surface area contributed by atoms with Crippen molar-refractivity contribution in [3.63, 3.8) is 0 Å². The van der Waals surface area contributed by atoms with Gasteiger partial charge < -0.3 is 9.84 Å². The van der Waals surface area contributed by atoms with Crippen molar-refractivity contribution < 1.29 is 14.6 Å². The van der Waals surface area contributed by atoms with Crippen molar-refractivity contribution >= 4 is 23.6 Å². The van der Waals surface area contributed by atoms with Crippen LogP contribution in [-0.4, -0.2) is 17.7 Å². The quantitative estimate of drug-likeness (QED) is 0.669. The van der Waals surface area contributed by atoms with E-state index in [1.54, 1.807) is 37.3 Å². The number of ether oxygens (including phenoxy) is 1. The Labute approximate surface area is 134 Å². The minimum absolute atomic E-state index is 0.154. The molecule has 0 fully saturated rings. The van der Waals surface area contributed by atoms with E-state index >= 15 is 0 Å². The number of hydrogen-bond donors (Lipinski definition) is 1. The van der Waals surface area contributed by atoms with Gasteiger partial charge >= 0.3 is 5.97 Å². The second-order valence-electron chi connectivity index (χ2n) is 4.65. The summed E-state index contributed by atoms with van der Waals surface area (Å²) in [5, 5.41) is 11.0. The zero-order chi connectivity index (χ0) is 15.9. The maximum absolute atomic E-state index is 12.2. The smallest absolute Gasteiger partial charge is 0.337 e. The predicted octanol–water partition coefficient (Wildman–Crippen LogP) is 4.02. The van der Waals surface area contributed by atoms with Crippen molar-refractivity contribution in [2.45, 2.75) is 13.0 Å². The van der Waals surface area contributed by atoms with Gasteiger partial charge in [0, 0.05) is 10.6 Å². The lowest BCUT2D eigenvalue weighted by molar-refractivity contribution is -0.139. The Morgan fingerprint density at radius 3 is 2.45 bits per heavy atom. The highest BCUT2D eigenvalue weighted by molar-refractivity contribution is 6.31. The molecule has 114 valence electrons. The minimum Gasteiger partial charge on any atom is -0.463 e. The Morgan fingerprint density at radius 2 is 1.82 bits per heavy atom. The number of rotatable bonds is 5. The zero-order valence-corrected chi connectivity index (χ0v) is 13.0. The molecule has 2 aromatic carbocycles. The van der Waals surface area contributed by atoms with Crippen LogP contribution >= 0.6 is 11.6 Å². The number of benzene rings is 2. The van der Waals surface area contributed by atoms with Crippen LogP contribution in [0.4, 0.5) is 0 Å². The van der Waals surface area contributed by atoms with Crippen molar-refractivity contribution in [1.82, 2.24) is 0 Å². The number of aliphatic hydroxyl groups excluding tert-OH is 1. The topological polar surface area (TPSA) is 46.5 Å². The Balaban J connectivity index is 2.43. The lowest BCUT2D eigenvalue weighted by atomic mass is 9.99. The summed E-state index contributed by atoms with van der Waals surface area (Å²) in [7, 11) is 0. The van der Waals surface area contributed by atoms with Crippen LogP contribution in [0.1, 0.15) is 24.2 Å². The molecule has 1 atom stereocenters. The molecule has 22 heavy (non-hydrogen) atoms. The Bertz CT molecular complexity index is 665. The van der Waals surface area contributed by atoms with E-state index < -0.39 is 12.1 Å². The van der Waals surface area contributed by atoms with E-state index in [0.717, 1.165) is 5.56 Å². The van der Waals surface area contributed by atoms with Crippen molar-refractivity contribution in [2.75, 3.05) is 6.61 Å². The van der Waals surface area contributed by atoms with Gasteiger partial charge in [0.25, 0.3) is 0 Å². The molecule has 0 aliphatic carbocycles. The van der Waals surface area contributed by atoms with Crippen LogP contribution in [-0.2, 0) is 9.53 Å². The van der Waals surface area contributed by atoms with Crippen LogP contribution in [0.25, 0.3) is 6.08 Å². The first kappa shape index (κ1) is 16.3. The van der Waals surface area contributed by atoms with Crippen molar-refractivity contribution in [3.05, 3.63) is 76.3 Å². The molecule has 0 spiro atoms. The van der Waals surface area contributed by atoms with Crippen LogP contribution < -0.4 is 0 Å². The van der Waals surface area contributed by atoms with E-state index in [1.807, 2.05) is 30.3 Å². The third-order valence-corrected chi connectivity index (χ3v) is 3.47. The number of hydrogen-bond acceptors (Lipinski definition) is 3.